The van der Waals surface area contributed by atoms with Gasteiger partial charge in [0.05, 0.1) is 6.10 Å². The Bertz CT molecular complexity index is 462. The van der Waals surface area contributed by atoms with Gasteiger partial charge in [0.1, 0.15) is 6.10 Å². The number of halogens is 2. The Morgan fingerprint density at radius 2 is 2.00 bits per heavy atom. The SMILES string of the molecule is CN(CCCNC(=O)[C@@H]1CC[C@H](CN)O1)Cc1ccccc1.Cl.Cl. The van der Waals surface area contributed by atoms with Crippen molar-refractivity contribution >= 4 is 30.7 Å². The van der Waals surface area contributed by atoms with E-state index in [9.17, 15) is 4.79 Å². The van der Waals surface area contributed by atoms with Crippen molar-refractivity contribution < 1.29 is 9.53 Å². The van der Waals surface area contributed by atoms with Crippen molar-refractivity contribution in [3.05, 3.63) is 35.9 Å². The van der Waals surface area contributed by atoms with E-state index in [1.807, 2.05) is 6.07 Å². The van der Waals surface area contributed by atoms with Gasteiger partial charge in [0.25, 0.3) is 0 Å². The van der Waals surface area contributed by atoms with Crippen LogP contribution in [-0.2, 0) is 16.1 Å². The zero-order valence-corrected chi connectivity index (χ0v) is 15.8. The summed E-state index contributed by atoms with van der Waals surface area (Å²) in [6, 6.07) is 10.4. The molecule has 2 rings (SSSR count). The van der Waals surface area contributed by atoms with Crippen LogP contribution in [0.25, 0.3) is 0 Å². The molecule has 7 heteroatoms. The number of benzene rings is 1. The molecule has 0 aromatic heterocycles. The second-order valence-corrected chi connectivity index (χ2v) is 5.93. The van der Waals surface area contributed by atoms with Crippen LogP contribution in [0.1, 0.15) is 24.8 Å². The molecule has 0 unspecified atom stereocenters. The molecular weight excluding hydrogens is 349 g/mol. The smallest absolute Gasteiger partial charge is 0.249 e. The molecule has 2 atom stereocenters. The molecule has 1 aromatic carbocycles. The summed E-state index contributed by atoms with van der Waals surface area (Å²) in [4.78, 5) is 14.2. The maximum absolute atomic E-state index is 12.0. The fourth-order valence-electron chi connectivity index (χ4n) is 2.72. The van der Waals surface area contributed by atoms with Crippen LogP contribution in [-0.4, -0.2) is 49.7 Å². The van der Waals surface area contributed by atoms with Crippen molar-refractivity contribution in [2.75, 3.05) is 26.7 Å². The molecular formula is C17H29Cl2N3O2. The number of nitrogens with two attached hydrogens (primary N) is 1. The summed E-state index contributed by atoms with van der Waals surface area (Å²) in [6.45, 7) is 3.06. The Balaban J connectivity index is 0.00000264. The molecule has 138 valence electrons. The monoisotopic (exact) mass is 377 g/mol. The van der Waals surface area contributed by atoms with E-state index in [2.05, 4.69) is 41.5 Å². The maximum atomic E-state index is 12.0. The predicted octanol–water partition coefficient (Wildman–Crippen LogP) is 1.97. The standard InChI is InChI=1S/C17H27N3O2.2ClH/c1-20(13-14-6-3-2-4-7-14)11-5-10-19-17(21)16-9-8-15(12-18)22-16;;/h2-4,6-7,15-16H,5,8-13,18H2,1H3,(H,19,21);2*1H/t15-,16+;;/m1../s1. The average Bonchev–Trinajstić information content (AvgIpc) is 3.01. The highest BCUT2D eigenvalue weighted by Crippen LogP contribution is 2.18. The van der Waals surface area contributed by atoms with Gasteiger partial charge in [0, 0.05) is 19.6 Å². The largest absolute Gasteiger partial charge is 0.364 e. The highest BCUT2D eigenvalue weighted by molar-refractivity contribution is 5.85. The first kappa shape index (κ1) is 23.1. The van der Waals surface area contributed by atoms with Crippen LogP contribution in [0, 0.1) is 0 Å². The lowest BCUT2D eigenvalue weighted by Gasteiger charge is -2.17. The van der Waals surface area contributed by atoms with E-state index < -0.39 is 0 Å². The molecule has 1 heterocycles. The molecule has 0 aliphatic carbocycles. The number of carbonyl (C=O) groups excluding carboxylic acids is 1. The molecule has 1 aromatic rings. The number of nitrogens with zero attached hydrogens (tertiary/aromatic N) is 1. The van der Waals surface area contributed by atoms with Gasteiger partial charge in [-0.05, 0) is 38.4 Å². The normalized spacial score (nSPS) is 19.5. The van der Waals surface area contributed by atoms with Crippen molar-refractivity contribution in [2.45, 2.75) is 38.0 Å². The first-order valence-electron chi connectivity index (χ1n) is 8.04. The van der Waals surface area contributed by atoms with Crippen molar-refractivity contribution in [1.29, 1.82) is 0 Å². The summed E-state index contributed by atoms with van der Waals surface area (Å²) in [7, 11) is 2.10. The zero-order valence-electron chi connectivity index (χ0n) is 14.1. The summed E-state index contributed by atoms with van der Waals surface area (Å²) in [5, 5.41) is 2.96. The molecule has 0 radical (unpaired) electrons. The Kier molecular flexibility index (Phi) is 12.1. The quantitative estimate of drug-likeness (QED) is 0.679. The number of amides is 1. The highest BCUT2D eigenvalue weighted by atomic mass is 35.5. The molecule has 0 bridgehead atoms. The summed E-state index contributed by atoms with van der Waals surface area (Å²) < 4.78 is 5.58. The third kappa shape index (κ3) is 7.81. The van der Waals surface area contributed by atoms with Gasteiger partial charge in [-0.15, -0.1) is 24.8 Å². The second-order valence-electron chi connectivity index (χ2n) is 5.93. The van der Waals surface area contributed by atoms with Crippen LogP contribution in [0.5, 0.6) is 0 Å². The molecule has 0 spiro atoms. The Hall–Kier alpha value is -0.850. The Labute approximate surface area is 157 Å². The van der Waals surface area contributed by atoms with E-state index in [1.165, 1.54) is 5.56 Å². The summed E-state index contributed by atoms with van der Waals surface area (Å²) in [5.74, 6) is 0.00154. The highest BCUT2D eigenvalue weighted by Gasteiger charge is 2.29. The van der Waals surface area contributed by atoms with Gasteiger partial charge in [-0.2, -0.15) is 0 Å². The lowest BCUT2D eigenvalue weighted by Crippen LogP contribution is -2.36. The number of rotatable bonds is 8. The van der Waals surface area contributed by atoms with Crippen molar-refractivity contribution in [3.63, 3.8) is 0 Å². The van der Waals surface area contributed by atoms with Gasteiger partial charge in [-0.3, -0.25) is 4.79 Å². The van der Waals surface area contributed by atoms with Crippen LogP contribution in [0.3, 0.4) is 0 Å². The Morgan fingerprint density at radius 1 is 1.29 bits per heavy atom. The molecule has 24 heavy (non-hydrogen) atoms. The first-order valence-corrected chi connectivity index (χ1v) is 8.04. The minimum absolute atomic E-state index is 0. The number of carbonyl (C=O) groups is 1. The van der Waals surface area contributed by atoms with Gasteiger partial charge in [0.15, 0.2) is 0 Å². The molecule has 1 amide bonds. The van der Waals surface area contributed by atoms with Gasteiger partial charge in [-0.1, -0.05) is 30.3 Å². The van der Waals surface area contributed by atoms with E-state index >= 15 is 0 Å². The molecule has 1 fully saturated rings. The van der Waals surface area contributed by atoms with E-state index in [0.717, 1.165) is 32.4 Å². The topological polar surface area (TPSA) is 67.6 Å². The summed E-state index contributed by atoms with van der Waals surface area (Å²) >= 11 is 0. The van der Waals surface area contributed by atoms with Crippen LogP contribution in [0.4, 0.5) is 0 Å². The van der Waals surface area contributed by atoms with Gasteiger partial charge in [0.2, 0.25) is 5.91 Å². The lowest BCUT2D eigenvalue weighted by molar-refractivity contribution is -0.131. The predicted molar refractivity (Wildman–Crippen MR) is 102 cm³/mol. The van der Waals surface area contributed by atoms with Crippen molar-refractivity contribution in [3.8, 4) is 0 Å². The van der Waals surface area contributed by atoms with Gasteiger partial charge >= 0.3 is 0 Å². The van der Waals surface area contributed by atoms with Gasteiger partial charge in [-0.25, -0.2) is 0 Å². The molecule has 1 aliphatic heterocycles. The second kappa shape index (κ2) is 12.5. The lowest BCUT2D eigenvalue weighted by atomic mass is 10.2. The van der Waals surface area contributed by atoms with Crippen LogP contribution >= 0.6 is 24.8 Å². The molecule has 5 nitrogen and oxygen atoms in total. The van der Waals surface area contributed by atoms with Crippen molar-refractivity contribution in [2.24, 2.45) is 5.73 Å². The zero-order chi connectivity index (χ0) is 15.8. The van der Waals surface area contributed by atoms with Gasteiger partial charge < -0.3 is 20.7 Å². The van der Waals surface area contributed by atoms with E-state index in [1.54, 1.807) is 0 Å². The summed E-state index contributed by atoms with van der Waals surface area (Å²) in [6.07, 6.45) is 2.33. The molecule has 3 N–H and O–H groups in total. The maximum Gasteiger partial charge on any atom is 0.249 e. The van der Waals surface area contributed by atoms with E-state index in [4.69, 9.17) is 10.5 Å². The van der Waals surface area contributed by atoms with Crippen molar-refractivity contribution in [1.82, 2.24) is 10.2 Å². The van der Waals surface area contributed by atoms with Crippen LogP contribution in [0.15, 0.2) is 30.3 Å². The third-order valence-electron chi connectivity index (χ3n) is 3.97. The fourth-order valence-corrected chi connectivity index (χ4v) is 2.72. The Morgan fingerprint density at radius 3 is 2.62 bits per heavy atom. The van der Waals surface area contributed by atoms with Crippen LogP contribution in [0.2, 0.25) is 0 Å². The van der Waals surface area contributed by atoms with E-state index in [0.29, 0.717) is 13.1 Å². The van der Waals surface area contributed by atoms with Crippen LogP contribution < -0.4 is 11.1 Å². The molecule has 1 aliphatic rings. The number of hydrogen-bond donors (Lipinski definition) is 2. The fraction of sp³-hybridized carbons (Fsp3) is 0.588. The van der Waals surface area contributed by atoms with E-state index in [-0.39, 0.29) is 42.9 Å². The summed E-state index contributed by atoms with van der Waals surface area (Å²) in [5.41, 5.74) is 6.86. The first-order chi connectivity index (χ1) is 10.7. The minimum Gasteiger partial charge on any atom is -0.364 e. The number of ether oxygens (including phenoxy) is 1. The number of nitrogens with one attached hydrogen (secondary N) is 1. The average molecular weight is 378 g/mol. The molecule has 0 saturated carbocycles. The number of hydrogen-bond acceptors (Lipinski definition) is 4. The third-order valence-corrected chi connectivity index (χ3v) is 3.97. The minimum atomic E-state index is -0.310. The molecule has 1 saturated heterocycles.